The van der Waals surface area contributed by atoms with Gasteiger partial charge >= 0.3 is 12.2 Å². The molecule has 0 aliphatic rings. The lowest BCUT2D eigenvalue weighted by Crippen LogP contribution is -2.35. The molecule has 0 radical (unpaired) electrons. The number of aromatic nitrogens is 1. The van der Waals surface area contributed by atoms with Gasteiger partial charge in [-0.3, -0.25) is 14.4 Å². The van der Waals surface area contributed by atoms with Crippen LogP contribution in [0, 0.1) is 0 Å². The van der Waals surface area contributed by atoms with Crippen LogP contribution in [0.3, 0.4) is 0 Å². The molecular weight excluding hydrogens is 546 g/mol. The maximum Gasteiger partial charge on any atom is 0.407 e. The van der Waals surface area contributed by atoms with Crippen LogP contribution < -0.4 is 26.6 Å². The number of hydrogen-bond donors (Lipinski definition) is 5. The Hall–Kier alpha value is -3.94. The molecule has 1 heterocycles. The van der Waals surface area contributed by atoms with Crippen LogP contribution in [0.5, 0.6) is 0 Å². The number of rotatable bonds is 14. The molecule has 0 aliphatic carbocycles. The van der Waals surface area contributed by atoms with Crippen molar-refractivity contribution in [3.63, 3.8) is 0 Å². The van der Waals surface area contributed by atoms with E-state index in [1.165, 1.54) is 12.1 Å². The molecule has 0 unspecified atom stereocenters. The van der Waals surface area contributed by atoms with E-state index in [4.69, 9.17) is 9.47 Å². The average molecular weight is 594 g/mol. The molecule has 42 heavy (non-hydrogen) atoms. The minimum absolute atomic E-state index is 0.105. The number of amides is 5. The lowest BCUT2D eigenvalue weighted by atomic mass is 10.1. The van der Waals surface area contributed by atoms with Gasteiger partial charge in [0.05, 0.1) is 0 Å². The summed E-state index contributed by atoms with van der Waals surface area (Å²) in [5.41, 5.74) is -1.33. The van der Waals surface area contributed by atoms with Gasteiger partial charge in [0.25, 0.3) is 17.7 Å². The topological polar surface area (TPSA) is 180 Å². The van der Waals surface area contributed by atoms with E-state index in [1.54, 1.807) is 41.5 Å². The fraction of sp³-hybridized carbons (Fsp3) is 0.643. The van der Waals surface area contributed by atoms with Crippen molar-refractivity contribution in [2.24, 2.45) is 0 Å². The summed E-state index contributed by atoms with van der Waals surface area (Å²) < 4.78 is 10.3. The maximum atomic E-state index is 12.8. The van der Waals surface area contributed by atoms with E-state index in [0.717, 1.165) is 0 Å². The van der Waals surface area contributed by atoms with Gasteiger partial charge in [-0.2, -0.15) is 0 Å². The highest BCUT2D eigenvalue weighted by molar-refractivity contribution is 6.02. The first-order chi connectivity index (χ1) is 19.5. The molecule has 1 aromatic rings. The van der Waals surface area contributed by atoms with Crippen LogP contribution in [0.15, 0.2) is 12.1 Å². The van der Waals surface area contributed by atoms with Crippen molar-refractivity contribution in [1.29, 1.82) is 0 Å². The Morgan fingerprint density at radius 2 is 1.02 bits per heavy atom. The predicted octanol–water partition coefficient (Wildman–Crippen LogP) is 1.66. The Morgan fingerprint density at radius 1 is 0.643 bits per heavy atom. The summed E-state index contributed by atoms with van der Waals surface area (Å²) in [5, 5.41) is 13.3. The molecule has 0 saturated carbocycles. The van der Waals surface area contributed by atoms with E-state index < -0.39 is 41.1 Å². The van der Waals surface area contributed by atoms with Crippen molar-refractivity contribution >= 4 is 29.9 Å². The van der Waals surface area contributed by atoms with Crippen molar-refractivity contribution < 1.29 is 33.4 Å². The van der Waals surface area contributed by atoms with Crippen molar-refractivity contribution in [2.45, 2.75) is 65.6 Å². The second-order valence-electron chi connectivity index (χ2n) is 11.8. The minimum Gasteiger partial charge on any atom is -0.444 e. The molecular formula is C28H47N7O7. The van der Waals surface area contributed by atoms with Crippen molar-refractivity contribution in [3.05, 3.63) is 29.1 Å². The summed E-state index contributed by atoms with van der Waals surface area (Å²) in [4.78, 5) is 68.0. The molecule has 5 amide bonds. The molecule has 0 atom stereocenters. The fourth-order valence-electron chi connectivity index (χ4n) is 3.16. The minimum atomic E-state index is -0.616. The predicted molar refractivity (Wildman–Crippen MR) is 157 cm³/mol. The average Bonchev–Trinajstić information content (AvgIpc) is 2.85. The van der Waals surface area contributed by atoms with Gasteiger partial charge in [-0.1, -0.05) is 0 Å². The largest absolute Gasteiger partial charge is 0.444 e. The molecule has 14 heteroatoms. The van der Waals surface area contributed by atoms with Crippen LogP contribution in [0.2, 0.25) is 0 Å². The third-order valence-electron chi connectivity index (χ3n) is 5.01. The van der Waals surface area contributed by atoms with Gasteiger partial charge in [0.15, 0.2) is 0 Å². The van der Waals surface area contributed by atoms with Crippen LogP contribution in [0.1, 0.15) is 85.7 Å². The molecule has 236 valence electrons. The lowest BCUT2D eigenvalue weighted by Gasteiger charge is -2.19. The van der Waals surface area contributed by atoms with Gasteiger partial charge in [0.2, 0.25) is 0 Å². The van der Waals surface area contributed by atoms with Crippen LogP contribution in [-0.4, -0.2) is 104 Å². The third-order valence-corrected chi connectivity index (χ3v) is 5.01. The molecule has 0 fully saturated rings. The van der Waals surface area contributed by atoms with Crippen LogP contribution >= 0.6 is 0 Å². The molecule has 0 aromatic carbocycles. The van der Waals surface area contributed by atoms with Gasteiger partial charge in [0, 0.05) is 44.8 Å². The van der Waals surface area contributed by atoms with E-state index in [2.05, 4.69) is 31.6 Å². The van der Waals surface area contributed by atoms with Gasteiger partial charge in [0.1, 0.15) is 22.6 Å². The molecule has 0 saturated heterocycles. The summed E-state index contributed by atoms with van der Waals surface area (Å²) in [6, 6.07) is 2.64. The fourth-order valence-corrected chi connectivity index (χ4v) is 3.16. The normalized spacial score (nSPS) is 11.4. The lowest BCUT2D eigenvalue weighted by molar-refractivity contribution is 0.0515. The van der Waals surface area contributed by atoms with Crippen LogP contribution in [0.4, 0.5) is 9.59 Å². The summed E-state index contributed by atoms with van der Waals surface area (Å²) in [6.07, 6.45) is -0.278. The number of carbonyl (C=O) groups excluding carboxylic acids is 5. The second kappa shape index (κ2) is 17.1. The van der Waals surface area contributed by atoms with Crippen LogP contribution in [-0.2, 0) is 9.47 Å². The Bertz CT molecular complexity index is 1010. The Balaban J connectivity index is 2.79. The van der Waals surface area contributed by atoms with Gasteiger partial charge in [-0.25, -0.2) is 14.6 Å². The zero-order chi connectivity index (χ0) is 31.9. The molecule has 1 aromatic heterocycles. The van der Waals surface area contributed by atoms with Gasteiger partial charge in [-0.05, 0) is 80.6 Å². The molecule has 0 spiro atoms. The molecule has 0 aliphatic heterocycles. The number of carbonyl (C=O) groups is 5. The van der Waals surface area contributed by atoms with Crippen LogP contribution in [0.25, 0.3) is 0 Å². The molecule has 5 N–H and O–H groups in total. The van der Waals surface area contributed by atoms with E-state index in [9.17, 15) is 24.0 Å². The number of likely N-dealkylation sites (N-methyl/N-ethyl adjacent to an activating group) is 1. The van der Waals surface area contributed by atoms with Gasteiger partial charge in [-0.15, -0.1) is 0 Å². The highest BCUT2D eigenvalue weighted by atomic mass is 16.6. The molecule has 0 bridgehead atoms. The second-order valence-corrected chi connectivity index (χ2v) is 11.8. The SMILES string of the molecule is CN(C)CCNC(=O)c1cc(C(=O)NCCCNC(=O)OC(C)(C)C)nc(C(=O)NCCCNC(=O)OC(C)(C)C)c1. The first-order valence-electron chi connectivity index (χ1n) is 13.9. The first kappa shape index (κ1) is 36.1. The third kappa shape index (κ3) is 16.4. The van der Waals surface area contributed by atoms with Gasteiger partial charge < -0.3 is 41.0 Å². The van der Waals surface area contributed by atoms with Crippen molar-refractivity contribution in [1.82, 2.24) is 36.5 Å². The van der Waals surface area contributed by atoms with E-state index in [0.29, 0.717) is 25.9 Å². The summed E-state index contributed by atoms with van der Waals surface area (Å²) in [5.74, 6) is -1.61. The van der Waals surface area contributed by atoms with E-state index in [-0.39, 0.29) is 43.1 Å². The van der Waals surface area contributed by atoms with E-state index in [1.807, 2.05) is 19.0 Å². The maximum absolute atomic E-state index is 12.8. The zero-order valence-electron chi connectivity index (χ0n) is 26.1. The summed E-state index contributed by atoms with van der Waals surface area (Å²) in [7, 11) is 3.74. The van der Waals surface area contributed by atoms with Crippen molar-refractivity contribution in [2.75, 3.05) is 53.4 Å². The number of alkyl carbamates (subject to hydrolysis) is 2. The number of pyridine rings is 1. The Kier molecular flexibility index (Phi) is 14.7. The highest BCUT2D eigenvalue weighted by Crippen LogP contribution is 2.09. The summed E-state index contributed by atoms with van der Waals surface area (Å²) >= 11 is 0. The molecule has 1 rings (SSSR count). The van der Waals surface area contributed by atoms with E-state index >= 15 is 0 Å². The standard InChI is InChI=1S/C28H47N7O7/c1-27(2,3)41-25(39)32-13-9-11-29-23(37)20-17-19(22(36)31-15-16-35(7)8)18-21(34-20)24(38)30-12-10-14-33-26(40)42-28(4,5)6/h17-18H,9-16H2,1-8H3,(H,29,37)(H,30,38)(H,31,36)(H,32,39)(H,33,40). The monoisotopic (exact) mass is 593 g/mol. The summed E-state index contributed by atoms with van der Waals surface area (Å²) in [6.45, 7) is 12.5. The molecule has 14 nitrogen and oxygen atoms in total. The quantitative estimate of drug-likeness (QED) is 0.201. The number of nitrogens with one attached hydrogen (secondary N) is 5. The zero-order valence-corrected chi connectivity index (χ0v) is 26.1. The first-order valence-corrected chi connectivity index (χ1v) is 13.9. The number of ether oxygens (including phenoxy) is 2. The number of hydrogen-bond acceptors (Lipinski definition) is 9. The smallest absolute Gasteiger partial charge is 0.407 e. The highest BCUT2D eigenvalue weighted by Gasteiger charge is 2.19. The Morgan fingerprint density at radius 3 is 1.40 bits per heavy atom. The Labute approximate surface area is 248 Å². The van der Waals surface area contributed by atoms with Crippen molar-refractivity contribution in [3.8, 4) is 0 Å². The number of nitrogens with zero attached hydrogens (tertiary/aromatic N) is 2.